The van der Waals surface area contributed by atoms with Crippen LogP contribution in [0.4, 0.5) is 0 Å². The third kappa shape index (κ3) is 3.95. The van der Waals surface area contributed by atoms with Crippen LogP contribution in [0.2, 0.25) is 0 Å². The first-order chi connectivity index (χ1) is 8.74. The first kappa shape index (κ1) is 14.9. The molecule has 0 bridgehead atoms. The molecule has 2 heteroatoms. The Morgan fingerprint density at radius 2 is 2.17 bits per heavy atom. The van der Waals surface area contributed by atoms with Crippen molar-refractivity contribution in [3.8, 4) is 0 Å². The smallest absolute Gasteiger partial charge is 0.119 e. The van der Waals surface area contributed by atoms with Gasteiger partial charge in [-0.3, -0.25) is 0 Å². The zero-order chi connectivity index (χ0) is 13.4. The zero-order valence-electron chi connectivity index (χ0n) is 11.8. The topological polar surface area (TPSA) is 29.1 Å². The molecule has 0 saturated heterocycles. The number of aryl methyl sites for hydroxylation is 2. The van der Waals surface area contributed by atoms with Crippen molar-refractivity contribution >= 4 is 6.29 Å². The first-order valence-electron chi connectivity index (χ1n) is 6.91. The third-order valence-electron chi connectivity index (χ3n) is 3.49. The van der Waals surface area contributed by atoms with Gasteiger partial charge in [0.25, 0.3) is 0 Å². The molecular weight excluding hydrogens is 222 g/mol. The molecule has 0 fully saturated rings. The maximum Gasteiger partial charge on any atom is 0.119 e. The molecule has 0 saturated carbocycles. The highest BCUT2D eigenvalue weighted by atomic mass is 16.1. The zero-order valence-corrected chi connectivity index (χ0v) is 11.8. The van der Waals surface area contributed by atoms with E-state index < -0.39 is 0 Å². The summed E-state index contributed by atoms with van der Waals surface area (Å²) in [7, 11) is 2.04. The van der Waals surface area contributed by atoms with Gasteiger partial charge in [-0.25, -0.2) is 0 Å². The van der Waals surface area contributed by atoms with Crippen LogP contribution in [-0.4, -0.2) is 19.9 Å². The van der Waals surface area contributed by atoms with Crippen molar-refractivity contribution in [1.82, 2.24) is 5.32 Å². The van der Waals surface area contributed by atoms with Gasteiger partial charge in [0.05, 0.1) is 0 Å². The highest BCUT2D eigenvalue weighted by molar-refractivity contribution is 5.48. The minimum Gasteiger partial charge on any atom is -0.320 e. The lowest BCUT2D eigenvalue weighted by atomic mass is 9.94. The molecule has 0 heterocycles. The van der Waals surface area contributed by atoms with Gasteiger partial charge in [-0.1, -0.05) is 25.1 Å². The monoisotopic (exact) mass is 247 g/mol. The Bertz CT molecular complexity index is 373. The van der Waals surface area contributed by atoms with E-state index >= 15 is 0 Å². The minimum atomic E-state index is 0.639. The van der Waals surface area contributed by atoms with Crippen molar-refractivity contribution in [2.24, 2.45) is 0 Å². The molecule has 1 N–H and O–H groups in total. The summed E-state index contributed by atoms with van der Waals surface area (Å²) >= 11 is 0. The average Bonchev–Trinajstić information content (AvgIpc) is 2.81. The van der Waals surface area contributed by atoms with Crippen LogP contribution in [0.3, 0.4) is 0 Å². The van der Waals surface area contributed by atoms with E-state index in [0.717, 1.165) is 18.7 Å². The van der Waals surface area contributed by atoms with Crippen LogP contribution in [0.1, 0.15) is 48.8 Å². The summed E-state index contributed by atoms with van der Waals surface area (Å²) in [6, 6.07) is 6.73. The molecule has 18 heavy (non-hydrogen) atoms. The Morgan fingerprint density at radius 3 is 2.78 bits per heavy atom. The van der Waals surface area contributed by atoms with Crippen molar-refractivity contribution in [2.75, 3.05) is 13.6 Å². The molecule has 0 spiro atoms. The molecular formula is C16H25NO. The molecule has 1 aliphatic carbocycles. The fraction of sp³-hybridized carbons (Fsp3) is 0.562. The molecule has 1 aromatic carbocycles. The van der Waals surface area contributed by atoms with E-state index in [0.29, 0.717) is 6.42 Å². The quantitative estimate of drug-likeness (QED) is 0.828. The Hall–Kier alpha value is -1.15. The second-order valence-electron chi connectivity index (χ2n) is 4.85. The Kier molecular flexibility index (Phi) is 6.66. The fourth-order valence-electron chi connectivity index (χ4n) is 2.62. The van der Waals surface area contributed by atoms with Gasteiger partial charge in [0.15, 0.2) is 0 Å². The van der Waals surface area contributed by atoms with Gasteiger partial charge in [-0.05, 0) is 62.4 Å². The van der Waals surface area contributed by atoms with Crippen LogP contribution in [0, 0.1) is 6.92 Å². The van der Waals surface area contributed by atoms with E-state index in [2.05, 4.69) is 30.4 Å². The molecule has 2 rings (SSSR count). The SMILES string of the molecule is CCC=O.CNCC[C@@H]1CCc2cccc(C)c21. The van der Waals surface area contributed by atoms with Crippen molar-refractivity contribution in [2.45, 2.75) is 45.4 Å². The van der Waals surface area contributed by atoms with E-state index in [1.165, 1.54) is 24.8 Å². The summed E-state index contributed by atoms with van der Waals surface area (Å²) in [5.74, 6) is 0.804. The van der Waals surface area contributed by atoms with Crippen LogP contribution in [0.25, 0.3) is 0 Å². The molecule has 0 unspecified atom stereocenters. The second-order valence-corrected chi connectivity index (χ2v) is 4.85. The number of aldehydes is 1. The van der Waals surface area contributed by atoms with Gasteiger partial charge >= 0.3 is 0 Å². The Balaban J connectivity index is 0.000000357. The number of carbonyl (C=O) groups is 1. The Labute approximate surface area is 111 Å². The van der Waals surface area contributed by atoms with E-state index in [4.69, 9.17) is 0 Å². The van der Waals surface area contributed by atoms with Gasteiger partial charge < -0.3 is 10.1 Å². The summed E-state index contributed by atoms with van der Waals surface area (Å²) in [5, 5.41) is 3.24. The van der Waals surface area contributed by atoms with Crippen LogP contribution < -0.4 is 5.32 Å². The van der Waals surface area contributed by atoms with Crippen molar-refractivity contribution in [1.29, 1.82) is 0 Å². The predicted octanol–water partition coefficient (Wildman–Crippen LogP) is 3.23. The molecule has 0 aliphatic heterocycles. The van der Waals surface area contributed by atoms with Gasteiger partial charge in [0.1, 0.15) is 6.29 Å². The van der Waals surface area contributed by atoms with Crippen molar-refractivity contribution in [3.63, 3.8) is 0 Å². The van der Waals surface area contributed by atoms with E-state index in [-0.39, 0.29) is 0 Å². The van der Waals surface area contributed by atoms with Crippen LogP contribution in [-0.2, 0) is 11.2 Å². The predicted molar refractivity (Wildman–Crippen MR) is 77.1 cm³/mol. The summed E-state index contributed by atoms with van der Waals surface area (Å²) in [6.45, 7) is 5.20. The number of rotatable bonds is 4. The second kappa shape index (κ2) is 8.04. The van der Waals surface area contributed by atoms with Gasteiger partial charge in [-0.15, -0.1) is 0 Å². The van der Waals surface area contributed by atoms with E-state index in [1.54, 1.807) is 11.1 Å². The minimum absolute atomic E-state index is 0.639. The lowest BCUT2D eigenvalue weighted by molar-refractivity contribution is -0.107. The van der Waals surface area contributed by atoms with Crippen molar-refractivity contribution < 1.29 is 4.79 Å². The molecule has 1 aliphatic rings. The van der Waals surface area contributed by atoms with Crippen LogP contribution >= 0.6 is 0 Å². The van der Waals surface area contributed by atoms with Gasteiger partial charge in [0, 0.05) is 6.42 Å². The first-order valence-corrected chi connectivity index (χ1v) is 6.91. The van der Waals surface area contributed by atoms with Crippen LogP contribution in [0.5, 0.6) is 0 Å². The molecule has 1 aromatic rings. The summed E-state index contributed by atoms with van der Waals surface area (Å²) in [6.07, 6.45) is 5.43. The lowest BCUT2D eigenvalue weighted by Crippen LogP contribution is -2.11. The van der Waals surface area contributed by atoms with E-state index in [1.807, 2.05) is 14.0 Å². The molecule has 0 aromatic heterocycles. The average molecular weight is 247 g/mol. The molecule has 2 nitrogen and oxygen atoms in total. The summed E-state index contributed by atoms with van der Waals surface area (Å²) in [4.78, 5) is 9.17. The molecule has 1 atom stereocenters. The largest absolute Gasteiger partial charge is 0.320 e. The summed E-state index contributed by atoms with van der Waals surface area (Å²) in [5.41, 5.74) is 4.72. The normalized spacial score (nSPS) is 16.7. The fourth-order valence-corrected chi connectivity index (χ4v) is 2.62. The number of fused-ring (bicyclic) bond motifs is 1. The highest BCUT2D eigenvalue weighted by Gasteiger charge is 2.22. The maximum absolute atomic E-state index is 9.17. The van der Waals surface area contributed by atoms with Crippen LogP contribution in [0.15, 0.2) is 18.2 Å². The molecule has 0 radical (unpaired) electrons. The molecule has 0 amide bonds. The number of carbonyl (C=O) groups excluding carboxylic acids is 1. The van der Waals surface area contributed by atoms with Crippen molar-refractivity contribution in [3.05, 3.63) is 34.9 Å². The highest BCUT2D eigenvalue weighted by Crippen LogP contribution is 2.37. The number of benzene rings is 1. The summed E-state index contributed by atoms with van der Waals surface area (Å²) < 4.78 is 0. The molecule has 100 valence electrons. The third-order valence-corrected chi connectivity index (χ3v) is 3.49. The van der Waals surface area contributed by atoms with E-state index in [9.17, 15) is 4.79 Å². The lowest BCUT2D eigenvalue weighted by Gasteiger charge is -2.13. The standard InChI is InChI=1S/C13H19N.C3H6O/c1-10-4-3-5-11-6-7-12(13(10)11)8-9-14-2;1-2-3-4/h3-5,12,14H,6-9H2,1-2H3;3H,2H2,1H3/t12-;/m0./s1. The van der Waals surface area contributed by atoms with Gasteiger partial charge in [-0.2, -0.15) is 0 Å². The van der Waals surface area contributed by atoms with Gasteiger partial charge in [0.2, 0.25) is 0 Å². The Morgan fingerprint density at radius 1 is 1.44 bits per heavy atom. The number of hydrogen-bond donors (Lipinski definition) is 1. The maximum atomic E-state index is 9.17. The number of nitrogens with one attached hydrogen (secondary N) is 1. The number of hydrogen-bond acceptors (Lipinski definition) is 2.